The summed E-state index contributed by atoms with van der Waals surface area (Å²) in [5.74, 6) is -1.10. The molecule has 2 aromatic carbocycles. The highest BCUT2D eigenvalue weighted by molar-refractivity contribution is 6.31. The zero-order valence-corrected chi connectivity index (χ0v) is 16.5. The molecule has 0 unspecified atom stereocenters. The summed E-state index contributed by atoms with van der Waals surface area (Å²) in [5.41, 5.74) is 3.66. The van der Waals surface area contributed by atoms with Crippen molar-refractivity contribution >= 4 is 17.6 Å². The van der Waals surface area contributed by atoms with Crippen molar-refractivity contribution in [3.05, 3.63) is 69.2 Å². The van der Waals surface area contributed by atoms with Gasteiger partial charge in [-0.1, -0.05) is 48.9 Å². The van der Waals surface area contributed by atoms with Crippen molar-refractivity contribution in [3.63, 3.8) is 0 Å². The largest absolute Gasteiger partial charge is 0.478 e. The first-order chi connectivity index (χ1) is 13.4. The summed E-state index contributed by atoms with van der Waals surface area (Å²) in [6, 6.07) is 11.4. The van der Waals surface area contributed by atoms with Gasteiger partial charge >= 0.3 is 5.97 Å². The van der Waals surface area contributed by atoms with Gasteiger partial charge in [0.15, 0.2) is 0 Å². The Morgan fingerprint density at radius 3 is 2.46 bits per heavy atom. The van der Waals surface area contributed by atoms with E-state index in [9.17, 15) is 20.1 Å². The van der Waals surface area contributed by atoms with Crippen LogP contribution in [0, 0.1) is 0 Å². The number of aliphatic hydroxyl groups is 2. The number of hydrogen-bond acceptors (Lipinski definition) is 4. The Kier molecular flexibility index (Phi) is 6.73. The highest BCUT2D eigenvalue weighted by Crippen LogP contribution is 2.36. The number of aryl methyl sites for hydroxylation is 1. The van der Waals surface area contributed by atoms with Crippen LogP contribution in [0.5, 0.6) is 0 Å². The lowest BCUT2D eigenvalue weighted by molar-refractivity contribution is -0.114. The van der Waals surface area contributed by atoms with Crippen molar-refractivity contribution in [1.29, 1.82) is 0 Å². The molecule has 0 radical (unpaired) electrons. The van der Waals surface area contributed by atoms with Gasteiger partial charge in [-0.2, -0.15) is 0 Å². The van der Waals surface area contributed by atoms with Crippen LogP contribution in [-0.4, -0.2) is 40.1 Å². The monoisotopic (exact) mass is 404 g/mol. The van der Waals surface area contributed by atoms with Crippen molar-refractivity contribution in [2.45, 2.75) is 50.9 Å². The van der Waals surface area contributed by atoms with E-state index in [1.165, 1.54) is 11.6 Å². The van der Waals surface area contributed by atoms with Gasteiger partial charge in [0.2, 0.25) is 0 Å². The summed E-state index contributed by atoms with van der Waals surface area (Å²) >= 11 is 6.38. The van der Waals surface area contributed by atoms with Crippen LogP contribution >= 0.6 is 11.6 Å². The number of halogens is 1. The molecule has 1 aliphatic rings. The van der Waals surface area contributed by atoms with Gasteiger partial charge in [0.05, 0.1) is 30.5 Å². The SMILES string of the molecule is CCc1ccc(Cc2cc([C@H]3C[C@@H](O)C[C@@H](CO)O3)c(C(=O)O)cc2Cl)cc1. The Balaban J connectivity index is 1.95. The topological polar surface area (TPSA) is 87.0 Å². The number of ether oxygens (including phenoxy) is 1. The van der Waals surface area contributed by atoms with E-state index in [0.29, 0.717) is 23.4 Å². The van der Waals surface area contributed by atoms with Crippen LogP contribution in [0.4, 0.5) is 0 Å². The Bertz CT molecular complexity index is 834. The molecular formula is C22H25ClO5. The fraction of sp³-hybridized carbons (Fsp3) is 0.409. The van der Waals surface area contributed by atoms with Gasteiger partial charge in [0.25, 0.3) is 0 Å². The highest BCUT2D eigenvalue weighted by atomic mass is 35.5. The van der Waals surface area contributed by atoms with Crippen molar-refractivity contribution in [2.24, 2.45) is 0 Å². The van der Waals surface area contributed by atoms with Gasteiger partial charge in [-0.25, -0.2) is 4.79 Å². The van der Waals surface area contributed by atoms with Crippen LogP contribution in [0.1, 0.15) is 58.5 Å². The van der Waals surface area contributed by atoms with Gasteiger partial charge in [-0.15, -0.1) is 0 Å². The third-order valence-corrected chi connectivity index (χ3v) is 5.55. The molecule has 150 valence electrons. The molecule has 6 heteroatoms. The molecule has 1 fully saturated rings. The molecule has 1 saturated heterocycles. The normalized spacial score (nSPS) is 22.2. The molecule has 0 aliphatic carbocycles. The minimum absolute atomic E-state index is 0.0610. The van der Waals surface area contributed by atoms with E-state index in [1.807, 2.05) is 12.1 Å². The first-order valence-electron chi connectivity index (χ1n) is 9.49. The molecule has 1 heterocycles. The number of benzene rings is 2. The fourth-order valence-electron chi connectivity index (χ4n) is 3.65. The van der Waals surface area contributed by atoms with Crippen molar-refractivity contribution in [3.8, 4) is 0 Å². The van der Waals surface area contributed by atoms with Gasteiger partial charge in [0, 0.05) is 17.9 Å². The summed E-state index contributed by atoms with van der Waals surface area (Å²) in [5, 5.41) is 29.5. The predicted molar refractivity (Wildman–Crippen MR) is 107 cm³/mol. The number of carboxylic acid groups (broad SMARTS) is 1. The van der Waals surface area contributed by atoms with Crippen LogP contribution in [0.25, 0.3) is 0 Å². The second-order valence-electron chi connectivity index (χ2n) is 7.24. The smallest absolute Gasteiger partial charge is 0.336 e. The number of rotatable bonds is 6. The van der Waals surface area contributed by atoms with Gasteiger partial charge in [-0.3, -0.25) is 0 Å². The van der Waals surface area contributed by atoms with E-state index < -0.39 is 24.3 Å². The van der Waals surface area contributed by atoms with E-state index in [2.05, 4.69) is 19.1 Å². The van der Waals surface area contributed by atoms with Gasteiger partial charge < -0.3 is 20.1 Å². The standard InChI is InChI=1S/C22H25ClO5/c1-2-13-3-5-14(6-4-13)7-15-8-18(19(22(26)27)11-20(15)23)21-10-16(25)9-17(12-24)28-21/h3-6,8,11,16-17,21,24-25H,2,7,9-10,12H2,1H3,(H,26,27)/t16-,17-,21+/m0/s1. The maximum absolute atomic E-state index is 11.8. The average Bonchev–Trinajstić information content (AvgIpc) is 2.69. The van der Waals surface area contributed by atoms with E-state index in [0.717, 1.165) is 17.5 Å². The van der Waals surface area contributed by atoms with Gasteiger partial charge in [-0.05, 0) is 41.2 Å². The second-order valence-corrected chi connectivity index (χ2v) is 7.64. The molecule has 28 heavy (non-hydrogen) atoms. The minimum atomic E-state index is -1.10. The minimum Gasteiger partial charge on any atom is -0.478 e. The fourth-order valence-corrected chi connectivity index (χ4v) is 3.88. The molecule has 0 bridgehead atoms. The molecule has 2 aromatic rings. The van der Waals surface area contributed by atoms with Gasteiger partial charge in [0.1, 0.15) is 0 Å². The lowest BCUT2D eigenvalue weighted by Crippen LogP contribution is -2.34. The first-order valence-corrected chi connectivity index (χ1v) is 9.86. The Morgan fingerprint density at radius 2 is 1.86 bits per heavy atom. The summed E-state index contributed by atoms with van der Waals surface area (Å²) < 4.78 is 5.84. The van der Waals surface area contributed by atoms with Crippen molar-refractivity contribution in [2.75, 3.05) is 6.61 Å². The van der Waals surface area contributed by atoms with Crippen LogP contribution in [0.15, 0.2) is 36.4 Å². The maximum Gasteiger partial charge on any atom is 0.336 e. The van der Waals surface area contributed by atoms with Crippen molar-refractivity contribution < 1.29 is 24.9 Å². The van der Waals surface area contributed by atoms with Crippen molar-refractivity contribution in [1.82, 2.24) is 0 Å². The van der Waals surface area contributed by atoms with E-state index in [1.54, 1.807) is 6.07 Å². The van der Waals surface area contributed by atoms with E-state index in [-0.39, 0.29) is 18.6 Å². The number of carbonyl (C=O) groups is 1. The lowest BCUT2D eigenvalue weighted by atomic mass is 9.90. The molecule has 3 N–H and O–H groups in total. The summed E-state index contributed by atoms with van der Waals surface area (Å²) in [6.45, 7) is 1.88. The number of carboxylic acids is 1. The molecule has 0 amide bonds. The molecule has 3 atom stereocenters. The number of hydrogen-bond donors (Lipinski definition) is 3. The van der Waals surface area contributed by atoms with Crippen LogP contribution in [0.3, 0.4) is 0 Å². The molecule has 0 saturated carbocycles. The number of aliphatic hydroxyl groups excluding tert-OH is 2. The quantitative estimate of drug-likeness (QED) is 0.682. The molecule has 5 nitrogen and oxygen atoms in total. The van der Waals surface area contributed by atoms with Crippen LogP contribution < -0.4 is 0 Å². The van der Waals surface area contributed by atoms with Crippen LogP contribution in [0.2, 0.25) is 5.02 Å². The Labute approximate surface area is 169 Å². The zero-order valence-electron chi connectivity index (χ0n) is 15.8. The van der Waals surface area contributed by atoms with E-state index in [4.69, 9.17) is 16.3 Å². The average molecular weight is 405 g/mol. The lowest BCUT2D eigenvalue weighted by Gasteiger charge is -2.33. The molecule has 0 aromatic heterocycles. The highest BCUT2D eigenvalue weighted by Gasteiger charge is 2.32. The molecule has 3 rings (SSSR count). The Morgan fingerprint density at radius 1 is 1.18 bits per heavy atom. The zero-order chi connectivity index (χ0) is 20.3. The third kappa shape index (κ3) is 4.73. The first kappa shape index (κ1) is 20.8. The third-order valence-electron chi connectivity index (χ3n) is 5.20. The second kappa shape index (κ2) is 9.05. The summed E-state index contributed by atoms with van der Waals surface area (Å²) in [7, 11) is 0. The predicted octanol–water partition coefficient (Wildman–Crippen LogP) is 3.76. The number of aromatic carboxylic acids is 1. The summed E-state index contributed by atoms with van der Waals surface area (Å²) in [4.78, 5) is 11.8. The molecule has 1 aliphatic heterocycles. The maximum atomic E-state index is 11.8. The Hall–Kier alpha value is -1.92. The summed E-state index contributed by atoms with van der Waals surface area (Å²) in [6.07, 6.45) is 0.364. The molecule has 0 spiro atoms. The van der Waals surface area contributed by atoms with Crippen LogP contribution in [-0.2, 0) is 17.6 Å². The molecular weight excluding hydrogens is 380 g/mol. The van der Waals surface area contributed by atoms with E-state index >= 15 is 0 Å².